The molecule has 0 spiro atoms. The fourth-order valence-electron chi connectivity index (χ4n) is 4.38. The number of epoxide rings is 1. The standard InChI is InChI=1S/C20H42O5Si/c1-14(2)26(15(3)4,16(5)6)24-12-19(17(7)20-18(8)25-20)23-13-22-11-10-21-9/h14-20H,10-13H2,1-9H3/t17-,18+,19+,20-/m1/s1. The minimum absolute atomic E-state index is 0.0179. The van der Waals surface area contributed by atoms with E-state index in [1.807, 2.05) is 0 Å². The molecule has 1 rings (SSSR count). The van der Waals surface area contributed by atoms with Crippen LogP contribution in [-0.4, -0.2) is 60.4 Å². The maximum absolute atomic E-state index is 6.77. The van der Waals surface area contributed by atoms with Crippen LogP contribution in [-0.2, 0) is 23.4 Å². The zero-order chi connectivity index (χ0) is 19.9. The van der Waals surface area contributed by atoms with Crippen LogP contribution in [0, 0.1) is 5.92 Å². The highest BCUT2D eigenvalue weighted by Crippen LogP contribution is 2.43. The van der Waals surface area contributed by atoms with Crippen molar-refractivity contribution in [2.24, 2.45) is 5.92 Å². The van der Waals surface area contributed by atoms with Gasteiger partial charge in [-0.15, -0.1) is 0 Å². The van der Waals surface area contributed by atoms with Gasteiger partial charge in [0.15, 0.2) is 8.32 Å². The molecule has 1 fully saturated rings. The molecular weight excluding hydrogens is 348 g/mol. The van der Waals surface area contributed by atoms with Crippen LogP contribution in [0.5, 0.6) is 0 Å². The molecule has 156 valence electrons. The van der Waals surface area contributed by atoms with Crippen molar-refractivity contribution in [3.63, 3.8) is 0 Å². The van der Waals surface area contributed by atoms with Crippen LogP contribution in [0.3, 0.4) is 0 Å². The molecule has 0 aromatic carbocycles. The third kappa shape index (κ3) is 6.28. The molecule has 1 aliphatic rings. The second kappa shape index (κ2) is 11.1. The Bertz CT molecular complexity index is 367. The first-order valence-electron chi connectivity index (χ1n) is 10.2. The van der Waals surface area contributed by atoms with Gasteiger partial charge in [0.1, 0.15) is 6.79 Å². The monoisotopic (exact) mass is 390 g/mol. The van der Waals surface area contributed by atoms with Gasteiger partial charge in [0.05, 0.1) is 38.1 Å². The van der Waals surface area contributed by atoms with E-state index < -0.39 is 8.32 Å². The van der Waals surface area contributed by atoms with Crippen molar-refractivity contribution in [1.82, 2.24) is 0 Å². The lowest BCUT2D eigenvalue weighted by Gasteiger charge is -2.43. The van der Waals surface area contributed by atoms with E-state index >= 15 is 0 Å². The van der Waals surface area contributed by atoms with E-state index in [1.54, 1.807) is 7.11 Å². The first-order valence-corrected chi connectivity index (χ1v) is 12.3. The summed E-state index contributed by atoms with van der Waals surface area (Å²) >= 11 is 0. The van der Waals surface area contributed by atoms with Crippen LogP contribution < -0.4 is 0 Å². The fourth-order valence-corrected chi connectivity index (χ4v) is 9.83. The topological polar surface area (TPSA) is 49.5 Å². The van der Waals surface area contributed by atoms with Crippen LogP contribution in [0.2, 0.25) is 16.6 Å². The van der Waals surface area contributed by atoms with Crippen molar-refractivity contribution in [2.45, 2.75) is 90.3 Å². The third-order valence-corrected chi connectivity index (χ3v) is 11.9. The highest BCUT2D eigenvalue weighted by molar-refractivity contribution is 6.77. The molecule has 1 aliphatic heterocycles. The number of rotatable bonds is 14. The molecule has 0 unspecified atom stereocenters. The average molecular weight is 391 g/mol. The Morgan fingerprint density at radius 3 is 1.88 bits per heavy atom. The predicted molar refractivity (Wildman–Crippen MR) is 108 cm³/mol. The quantitative estimate of drug-likeness (QED) is 0.188. The molecule has 0 saturated carbocycles. The molecule has 0 amide bonds. The van der Waals surface area contributed by atoms with Gasteiger partial charge >= 0.3 is 0 Å². The van der Waals surface area contributed by atoms with Crippen molar-refractivity contribution in [3.8, 4) is 0 Å². The van der Waals surface area contributed by atoms with Gasteiger partial charge in [-0.1, -0.05) is 48.5 Å². The lowest BCUT2D eigenvalue weighted by Crippen LogP contribution is -2.50. The highest BCUT2D eigenvalue weighted by Gasteiger charge is 2.47. The Hall–Kier alpha value is 0.0169. The number of hydrogen-bond donors (Lipinski definition) is 0. The zero-order valence-corrected chi connectivity index (χ0v) is 19.4. The molecule has 0 aromatic rings. The number of hydrogen-bond acceptors (Lipinski definition) is 5. The molecular formula is C20H42O5Si. The molecule has 0 N–H and O–H groups in total. The first kappa shape index (κ1) is 24.1. The van der Waals surface area contributed by atoms with Crippen LogP contribution in [0.1, 0.15) is 55.4 Å². The van der Waals surface area contributed by atoms with Crippen molar-refractivity contribution >= 4 is 8.32 Å². The predicted octanol–water partition coefficient (Wildman–Crippen LogP) is 4.61. The second-order valence-electron chi connectivity index (χ2n) is 8.52. The molecule has 6 heteroatoms. The van der Waals surface area contributed by atoms with Crippen molar-refractivity contribution in [1.29, 1.82) is 0 Å². The molecule has 1 heterocycles. The Morgan fingerprint density at radius 1 is 0.923 bits per heavy atom. The second-order valence-corrected chi connectivity index (χ2v) is 14.0. The van der Waals surface area contributed by atoms with Crippen molar-refractivity contribution in [3.05, 3.63) is 0 Å². The summed E-state index contributed by atoms with van der Waals surface area (Å²) in [6, 6.07) is 0. The van der Waals surface area contributed by atoms with Gasteiger partial charge in [-0.2, -0.15) is 0 Å². The molecule has 0 aromatic heterocycles. The highest BCUT2D eigenvalue weighted by atomic mass is 28.4. The van der Waals surface area contributed by atoms with Gasteiger partial charge in [0.2, 0.25) is 0 Å². The Labute approximate surface area is 162 Å². The Balaban J connectivity index is 2.73. The fraction of sp³-hybridized carbons (Fsp3) is 1.00. The smallest absolute Gasteiger partial charge is 0.200 e. The van der Waals surface area contributed by atoms with Crippen molar-refractivity contribution in [2.75, 3.05) is 33.7 Å². The van der Waals surface area contributed by atoms with Crippen molar-refractivity contribution < 1.29 is 23.4 Å². The lowest BCUT2D eigenvalue weighted by molar-refractivity contribution is -0.124. The van der Waals surface area contributed by atoms with Gasteiger partial charge in [0.25, 0.3) is 0 Å². The molecule has 4 atom stereocenters. The zero-order valence-electron chi connectivity index (χ0n) is 18.4. The van der Waals surface area contributed by atoms with E-state index in [0.29, 0.717) is 42.5 Å². The van der Waals surface area contributed by atoms with Gasteiger partial charge in [0, 0.05) is 13.0 Å². The van der Waals surface area contributed by atoms with E-state index in [-0.39, 0.29) is 24.9 Å². The lowest BCUT2D eigenvalue weighted by atomic mass is 10.00. The summed E-state index contributed by atoms with van der Waals surface area (Å²) in [6.07, 6.45) is 0.555. The molecule has 1 saturated heterocycles. The van der Waals surface area contributed by atoms with E-state index in [1.165, 1.54) is 0 Å². The average Bonchev–Trinajstić information content (AvgIpc) is 3.28. The summed E-state index contributed by atoms with van der Waals surface area (Å²) in [5, 5.41) is 0. The Morgan fingerprint density at radius 2 is 1.46 bits per heavy atom. The van der Waals surface area contributed by atoms with E-state index in [0.717, 1.165) is 0 Å². The van der Waals surface area contributed by atoms with E-state index in [4.69, 9.17) is 23.4 Å². The normalized spacial score (nSPS) is 23.1. The minimum Gasteiger partial charge on any atom is -0.413 e. The van der Waals surface area contributed by atoms with E-state index in [9.17, 15) is 0 Å². The molecule has 26 heavy (non-hydrogen) atoms. The first-order chi connectivity index (χ1) is 12.2. The van der Waals surface area contributed by atoms with Gasteiger partial charge in [-0.25, -0.2) is 0 Å². The third-order valence-electron chi connectivity index (χ3n) is 5.86. The summed E-state index contributed by atoms with van der Waals surface area (Å²) < 4.78 is 29.1. The van der Waals surface area contributed by atoms with E-state index in [2.05, 4.69) is 55.4 Å². The summed E-state index contributed by atoms with van der Waals surface area (Å²) in [5.74, 6) is 0.286. The van der Waals surface area contributed by atoms with Crippen LogP contribution in [0.4, 0.5) is 0 Å². The molecule has 0 radical (unpaired) electrons. The van der Waals surface area contributed by atoms with Crippen LogP contribution >= 0.6 is 0 Å². The maximum Gasteiger partial charge on any atom is 0.200 e. The van der Waals surface area contributed by atoms with Gasteiger partial charge in [-0.05, 0) is 23.5 Å². The summed E-state index contributed by atoms with van der Waals surface area (Å²) in [5.41, 5.74) is 1.69. The maximum atomic E-state index is 6.77. The molecule has 0 aliphatic carbocycles. The largest absolute Gasteiger partial charge is 0.413 e. The van der Waals surface area contributed by atoms with Crippen LogP contribution in [0.25, 0.3) is 0 Å². The molecule has 5 nitrogen and oxygen atoms in total. The number of ether oxygens (including phenoxy) is 4. The summed E-state index contributed by atoms with van der Waals surface area (Å²) in [7, 11) is -0.240. The SMILES string of the molecule is COCCOCO[C@@H](CO[Si](C(C)C)(C(C)C)C(C)C)[C@@H](C)[C@H]1O[C@H]1C. The van der Waals surface area contributed by atoms with Crippen LogP contribution in [0.15, 0.2) is 0 Å². The summed E-state index contributed by atoms with van der Waals surface area (Å²) in [6.45, 7) is 20.2. The number of methoxy groups -OCH3 is 1. The van der Waals surface area contributed by atoms with Gasteiger partial charge < -0.3 is 23.4 Å². The summed E-state index contributed by atoms with van der Waals surface area (Å²) in [4.78, 5) is 0. The Kier molecular flexibility index (Phi) is 10.3. The van der Waals surface area contributed by atoms with Gasteiger partial charge in [-0.3, -0.25) is 0 Å². The minimum atomic E-state index is -1.91. The molecule has 0 bridgehead atoms.